The molecule has 0 bridgehead atoms. The zero-order chi connectivity index (χ0) is 26.4. The molecule has 5 nitrogen and oxygen atoms in total. The zero-order valence-electron chi connectivity index (χ0n) is 21.4. The van der Waals surface area contributed by atoms with Crippen molar-refractivity contribution < 1.29 is 23.7 Å². The molecule has 38 heavy (non-hydrogen) atoms. The van der Waals surface area contributed by atoms with E-state index in [1.807, 2.05) is 66.7 Å². The number of ether oxygens (including phenoxy) is 4. The summed E-state index contributed by atoms with van der Waals surface area (Å²) in [4.78, 5) is 11.9. The Labute approximate surface area is 222 Å². The van der Waals surface area contributed by atoms with Crippen LogP contribution >= 0.6 is 0 Å². The van der Waals surface area contributed by atoms with Crippen LogP contribution in [0.4, 0.5) is 0 Å². The first-order chi connectivity index (χ1) is 18.6. The molecule has 192 valence electrons. The molecule has 5 heteroatoms. The van der Waals surface area contributed by atoms with E-state index in [4.69, 9.17) is 18.9 Å². The summed E-state index contributed by atoms with van der Waals surface area (Å²) in [5.41, 5.74) is 2.02. The minimum atomic E-state index is -0.877. The summed E-state index contributed by atoms with van der Waals surface area (Å²) in [6.07, 6.45) is 6.81. The third-order valence-electron chi connectivity index (χ3n) is 6.63. The predicted molar refractivity (Wildman–Crippen MR) is 150 cm³/mol. The molecule has 1 aliphatic rings. The Morgan fingerprint density at radius 3 is 2.45 bits per heavy atom. The lowest BCUT2D eigenvalue weighted by Gasteiger charge is -2.37. The van der Waals surface area contributed by atoms with E-state index in [0.29, 0.717) is 24.3 Å². The van der Waals surface area contributed by atoms with Crippen molar-refractivity contribution in [2.75, 3.05) is 20.3 Å². The van der Waals surface area contributed by atoms with Crippen LogP contribution in [0.1, 0.15) is 29.5 Å². The number of hydrogen-bond acceptors (Lipinski definition) is 5. The second-order valence-electron chi connectivity index (χ2n) is 9.00. The lowest BCUT2D eigenvalue weighted by molar-refractivity contribution is -0.144. The number of hydrogen-bond donors (Lipinski definition) is 0. The van der Waals surface area contributed by atoms with Gasteiger partial charge in [-0.3, -0.25) is 4.79 Å². The minimum Gasteiger partial charge on any atom is -0.497 e. The first kappa shape index (κ1) is 25.2. The van der Waals surface area contributed by atoms with E-state index in [0.717, 1.165) is 33.2 Å². The number of rotatable bonds is 10. The van der Waals surface area contributed by atoms with Crippen molar-refractivity contribution in [2.45, 2.75) is 18.4 Å². The van der Waals surface area contributed by atoms with E-state index < -0.39 is 5.60 Å². The third-order valence-corrected chi connectivity index (χ3v) is 6.63. The highest BCUT2D eigenvalue weighted by Crippen LogP contribution is 2.48. The summed E-state index contributed by atoms with van der Waals surface area (Å²) in [6, 6.07) is 28.2. The van der Waals surface area contributed by atoms with Gasteiger partial charge in [0.2, 0.25) is 0 Å². The van der Waals surface area contributed by atoms with Crippen molar-refractivity contribution in [3.8, 4) is 17.2 Å². The molecule has 1 heterocycles. The van der Waals surface area contributed by atoms with Gasteiger partial charge in [0.25, 0.3) is 0 Å². The summed E-state index contributed by atoms with van der Waals surface area (Å²) in [6.45, 7) is 4.00. The van der Waals surface area contributed by atoms with Gasteiger partial charge in [-0.25, -0.2) is 0 Å². The highest BCUT2D eigenvalue weighted by Gasteiger charge is 2.38. The van der Waals surface area contributed by atoms with E-state index in [9.17, 15) is 4.79 Å². The van der Waals surface area contributed by atoms with Crippen molar-refractivity contribution in [3.05, 3.63) is 120 Å². The maximum atomic E-state index is 11.9. The lowest BCUT2D eigenvalue weighted by Crippen LogP contribution is -2.34. The van der Waals surface area contributed by atoms with Gasteiger partial charge in [-0.05, 0) is 47.5 Å². The van der Waals surface area contributed by atoms with Crippen LogP contribution in [0.15, 0.2) is 104 Å². The van der Waals surface area contributed by atoms with Crippen LogP contribution in [0.3, 0.4) is 0 Å². The van der Waals surface area contributed by atoms with Crippen LogP contribution in [0.25, 0.3) is 16.8 Å². The molecular formula is C33H30O5. The quantitative estimate of drug-likeness (QED) is 0.131. The SMILES string of the molecule is C=CCCC(=O)OCCOc1cc2ccccc2c2c1OC(c1ccccc1)(c1ccc(OC)cc1)C=C2. The Morgan fingerprint density at radius 2 is 1.68 bits per heavy atom. The zero-order valence-corrected chi connectivity index (χ0v) is 21.4. The standard InChI is InChI=1S/C33H30O5/c1-3-4-14-31(34)37-22-21-36-30-23-24-10-8-9-13-28(24)29-19-20-33(38-32(29)30,25-11-6-5-7-12-25)26-15-17-27(35-2)18-16-26/h3,5-13,15-20,23H,1,4,14,21-22H2,2H3. The molecule has 4 aromatic carbocycles. The van der Waals surface area contributed by atoms with Gasteiger partial charge in [-0.1, -0.05) is 72.8 Å². The van der Waals surface area contributed by atoms with Gasteiger partial charge >= 0.3 is 5.97 Å². The second kappa shape index (κ2) is 11.3. The van der Waals surface area contributed by atoms with Crippen LogP contribution < -0.4 is 14.2 Å². The van der Waals surface area contributed by atoms with Crippen LogP contribution in [-0.4, -0.2) is 26.3 Å². The van der Waals surface area contributed by atoms with Crippen molar-refractivity contribution >= 4 is 22.8 Å². The second-order valence-corrected chi connectivity index (χ2v) is 9.00. The maximum Gasteiger partial charge on any atom is 0.306 e. The molecule has 0 saturated heterocycles. The molecule has 4 aromatic rings. The molecule has 0 spiro atoms. The van der Waals surface area contributed by atoms with Crippen LogP contribution in [0, 0.1) is 0 Å². The average molecular weight is 507 g/mol. The maximum absolute atomic E-state index is 11.9. The molecule has 0 aliphatic carbocycles. The summed E-state index contributed by atoms with van der Waals surface area (Å²) in [5.74, 6) is 1.74. The fourth-order valence-corrected chi connectivity index (χ4v) is 4.70. The van der Waals surface area contributed by atoms with Gasteiger partial charge in [0.05, 0.1) is 7.11 Å². The molecule has 1 atom stereocenters. The number of esters is 1. The van der Waals surface area contributed by atoms with Crippen molar-refractivity contribution in [3.63, 3.8) is 0 Å². The minimum absolute atomic E-state index is 0.149. The van der Waals surface area contributed by atoms with E-state index >= 15 is 0 Å². The molecule has 0 radical (unpaired) electrons. The Bertz CT molecular complexity index is 1460. The molecule has 0 amide bonds. The first-order valence-corrected chi connectivity index (χ1v) is 12.7. The summed E-state index contributed by atoms with van der Waals surface area (Å²) in [7, 11) is 1.65. The van der Waals surface area contributed by atoms with Crippen molar-refractivity contribution in [2.24, 2.45) is 0 Å². The molecular weight excluding hydrogens is 476 g/mol. The van der Waals surface area contributed by atoms with Crippen molar-refractivity contribution in [1.82, 2.24) is 0 Å². The molecule has 0 N–H and O–H groups in total. The third kappa shape index (κ3) is 5.00. The van der Waals surface area contributed by atoms with E-state index in [1.165, 1.54) is 0 Å². The molecule has 1 unspecified atom stereocenters. The molecule has 0 fully saturated rings. The largest absolute Gasteiger partial charge is 0.497 e. The van der Waals surface area contributed by atoms with Gasteiger partial charge in [0, 0.05) is 23.1 Å². The highest BCUT2D eigenvalue weighted by atomic mass is 16.6. The fourth-order valence-electron chi connectivity index (χ4n) is 4.70. The van der Waals surface area contributed by atoms with Gasteiger partial charge < -0.3 is 18.9 Å². The van der Waals surface area contributed by atoms with E-state index in [1.54, 1.807) is 13.2 Å². The van der Waals surface area contributed by atoms with Gasteiger partial charge in [-0.15, -0.1) is 6.58 Å². The number of allylic oxidation sites excluding steroid dienone is 1. The smallest absolute Gasteiger partial charge is 0.306 e. The highest BCUT2D eigenvalue weighted by molar-refractivity contribution is 5.96. The van der Waals surface area contributed by atoms with Crippen molar-refractivity contribution in [1.29, 1.82) is 0 Å². The summed E-state index contributed by atoms with van der Waals surface area (Å²) >= 11 is 0. The molecule has 1 aliphatic heterocycles. The van der Waals surface area contributed by atoms with Gasteiger partial charge in [-0.2, -0.15) is 0 Å². The number of fused-ring (bicyclic) bond motifs is 3. The summed E-state index contributed by atoms with van der Waals surface area (Å²) in [5, 5.41) is 2.10. The number of methoxy groups -OCH3 is 1. The average Bonchev–Trinajstić information content (AvgIpc) is 2.98. The van der Waals surface area contributed by atoms with Crippen LogP contribution in [-0.2, 0) is 15.1 Å². The molecule has 0 saturated carbocycles. The van der Waals surface area contributed by atoms with Crippen LogP contribution in [0.2, 0.25) is 0 Å². The van der Waals surface area contributed by atoms with E-state index in [2.05, 4.69) is 36.9 Å². The summed E-state index contributed by atoms with van der Waals surface area (Å²) < 4.78 is 23.9. The number of benzene rings is 4. The topological polar surface area (TPSA) is 54.0 Å². The Morgan fingerprint density at radius 1 is 0.947 bits per heavy atom. The monoisotopic (exact) mass is 506 g/mol. The Kier molecular flexibility index (Phi) is 7.45. The van der Waals surface area contributed by atoms with E-state index in [-0.39, 0.29) is 19.2 Å². The lowest BCUT2D eigenvalue weighted by atomic mass is 9.83. The molecule has 5 rings (SSSR count). The Hall–Kier alpha value is -4.51. The predicted octanol–water partition coefficient (Wildman–Crippen LogP) is 7.09. The Balaban J connectivity index is 1.54. The number of carbonyl (C=O) groups is 1. The van der Waals surface area contributed by atoms with Gasteiger partial charge in [0.1, 0.15) is 19.0 Å². The number of carbonyl (C=O) groups excluding carboxylic acids is 1. The first-order valence-electron chi connectivity index (χ1n) is 12.7. The molecule has 0 aromatic heterocycles. The fraction of sp³-hybridized carbons (Fsp3) is 0.182. The van der Waals surface area contributed by atoms with Gasteiger partial charge in [0.15, 0.2) is 17.1 Å². The van der Waals surface area contributed by atoms with Crippen LogP contribution in [0.5, 0.6) is 17.2 Å². The normalized spacial score (nSPS) is 15.8.